The molecular weight excluding hydrogens is 318 g/mol. The van der Waals surface area contributed by atoms with Crippen LogP contribution in [0.25, 0.3) is 0 Å². The molecule has 154 valence electrons. The van der Waals surface area contributed by atoms with Gasteiger partial charge in [-0.05, 0) is 6.42 Å². The molecule has 0 amide bonds. The van der Waals surface area contributed by atoms with Crippen molar-refractivity contribution in [1.82, 2.24) is 0 Å². The molecule has 0 radical (unpaired) electrons. The zero-order chi connectivity index (χ0) is 19.3. The Balaban J connectivity index is 0. The van der Waals surface area contributed by atoms with Gasteiger partial charge in [0.05, 0.1) is 6.15 Å². The van der Waals surface area contributed by atoms with Crippen LogP contribution < -0.4 is 18.9 Å². The number of hydrogen-bond acceptors (Lipinski definition) is 0. The summed E-state index contributed by atoms with van der Waals surface area (Å²) in [6.07, 6.45) is 25.7. The Hall–Kier alpha value is 0.222. The van der Waals surface area contributed by atoms with Gasteiger partial charge in [-0.15, -0.1) is 0 Å². The Labute approximate surface area is 185 Å². The van der Waals surface area contributed by atoms with Crippen molar-refractivity contribution in [3.05, 3.63) is 0 Å². The fourth-order valence-corrected chi connectivity index (χ4v) is 4.29. The first-order chi connectivity index (χ1) is 12.7. The molecule has 0 aromatic heterocycles. The largest absolute Gasteiger partial charge is 1.00 e. The molecule has 0 aliphatic heterocycles. The summed E-state index contributed by atoms with van der Waals surface area (Å²) >= 11 is 0. The van der Waals surface area contributed by atoms with Crippen LogP contribution in [-0.2, 0) is 0 Å². The second-order valence-corrected chi connectivity index (χ2v) is 8.80. The first kappa shape index (κ1) is 29.4. The summed E-state index contributed by atoms with van der Waals surface area (Å²) < 4.78 is 0. The van der Waals surface area contributed by atoms with Gasteiger partial charge in [0.25, 0.3) is 0 Å². The molecule has 27 heavy (non-hydrogen) atoms. The SMILES string of the molecule is CCCCCC#C[B-](CCCCCC)(CCCCCC)CCCCCC.[Li+]. The Morgan fingerprint density at radius 3 is 1.22 bits per heavy atom. The van der Waals surface area contributed by atoms with E-state index in [-0.39, 0.29) is 18.9 Å². The van der Waals surface area contributed by atoms with Gasteiger partial charge in [-0.2, -0.15) is 24.9 Å². The zero-order valence-corrected chi connectivity index (χ0v) is 20.0. The van der Waals surface area contributed by atoms with Gasteiger partial charge in [0.1, 0.15) is 0 Å². The van der Waals surface area contributed by atoms with Crippen LogP contribution in [0.4, 0.5) is 0 Å². The molecule has 0 aromatic rings. The molecule has 0 fully saturated rings. The molecule has 0 rings (SSSR count). The minimum atomic E-state index is -0.431. The van der Waals surface area contributed by atoms with Crippen LogP contribution >= 0.6 is 0 Å². The zero-order valence-electron chi connectivity index (χ0n) is 20.0. The maximum absolute atomic E-state index is 3.94. The van der Waals surface area contributed by atoms with Crippen LogP contribution in [0.1, 0.15) is 130 Å². The molecule has 0 spiro atoms. The molecule has 0 aliphatic rings. The summed E-state index contributed by atoms with van der Waals surface area (Å²) in [5.41, 5.74) is 0. The minimum Gasteiger partial charge on any atom is -0.315 e. The number of hydrogen-bond donors (Lipinski definition) is 0. The average molecular weight is 368 g/mol. The van der Waals surface area contributed by atoms with Gasteiger partial charge in [-0.3, -0.25) is 0 Å². The standard InChI is InChI=1S/C25H50B.Li/c1-5-9-13-17-21-25-26(22-18-14-10-6-2,23-19-15-11-7-3)24-20-16-12-8-4;/h5-20,22-24H2,1-4H3;/q-1;+1. The van der Waals surface area contributed by atoms with E-state index in [1.54, 1.807) is 0 Å². The summed E-state index contributed by atoms with van der Waals surface area (Å²) in [7, 11) is 0. The van der Waals surface area contributed by atoms with E-state index >= 15 is 0 Å². The van der Waals surface area contributed by atoms with Gasteiger partial charge in [0, 0.05) is 6.42 Å². The number of unbranched alkanes of at least 4 members (excludes halogenated alkanes) is 12. The molecule has 2 heteroatoms. The van der Waals surface area contributed by atoms with E-state index < -0.39 is 6.15 Å². The van der Waals surface area contributed by atoms with E-state index in [0.29, 0.717) is 0 Å². The number of rotatable bonds is 18. The third kappa shape index (κ3) is 18.0. The maximum atomic E-state index is 3.94. The fraction of sp³-hybridized carbons (Fsp3) is 0.920. The van der Waals surface area contributed by atoms with Gasteiger partial charge in [-0.1, -0.05) is 118 Å². The van der Waals surface area contributed by atoms with E-state index in [1.165, 1.54) is 115 Å². The Bertz CT molecular complexity index is 311. The second-order valence-electron chi connectivity index (χ2n) is 8.80. The molecule has 0 nitrogen and oxygen atoms in total. The summed E-state index contributed by atoms with van der Waals surface area (Å²) in [5.74, 6) is 7.60. The fourth-order valence-electron chi connectivity index (χ4n) is 4.29. The second kappa shape index (κ2) is 22.5. The van der Waals surface area contributed by atoms with Gasteiger partial charge in [0.2, 0.25) is 0 Å². The van der Waals surface area contributed by atoms with Gasteiger partial charge in [0.15, 0.2) is 0 Å². The van der Waals surface area contributed by atoms with Crippen molar-refractivity contribution >= 4 is 6.15 Å². The van der Waals surface area contributed by atoms with Crippen molar-refractivity contribution in [1.29, 1.82) is 0 Å². The molecule has 0 saturated carbocycles. The molecule has 0 saturated heterocycles. The van der Waals surface area contributed by atoms with Crippen LogP contribution in [0.3, 0.4) is 0 Å². The van der Waals surface area contributed by atoms with Crippen molar-refractivity contribution in [2.45, 2.75) is 149 Å². The van der Waals surface area contributed by atoms with Crippen molar-refractivity contribution < 1.29 is 18.9 Å². The van der Waals surface area contributed by atoms with Crippen molar-refractivity contribution in [3.8, 4) is 11.7 Å². The molecule has 0 bridgehead atoms. The predicted molar refractivity (Wildman–Crippen MR) is 125 cm³/mol. The first-order valence-electron chi connectivity index (χ1n) is 12.4. The summed E-state index contributed by atoms with van der Waals surface area (Å²) in [6.45, 7) is 9.25. The Morgan fingerprint density at radius 1 is 0.481 bits per heavy atom. The molecule has 0 aliphatic carbocycles. The summed E-state index contributed by atoms with van der Waals surface area (Å²) in [6, 6.07) is 0. The third-order valence-electron chi connectivity index (χ3n) is 6.14. The topological polar surface area (TPSA) is 0 Å². The van der Waals surface area contributed by atoms with Gasteiger partial charge in [-0.25, -0.2) is 0 Å². The molecule has 0 N–H and O–H groups in total. The van der Waals surface area contributed by atoms with E-state index in [2.05, 4.69) is 39.4 Å². The van der Waals surface area contributed by atoms with Crippen molar-refractivity contribution in [2.75, 3.05) is 0 Å². The van der Waals surface area contributed by atoms with Gasteiger partial charge < -0.3 is 5.82 Å². The molecule has 0 aromatic carbocycles. The van der Waals surface area contributed by atoms with E-state index in [1.807, 2.05) is 0 Å². The Kier molecular flexibility index (Phi) is 24.5. The first-order valence-corrected chi connectivity index (χ1v) is 12.4. The Morgan fingerprint density at radius 2 is 0.852 bits per heavy atom. The van der Waals surface area contributed by atoms with Gasteiger partial charge >= 0.3 is 18.9 Å². The molecule has 0 atom stereocenters. The summed E-state index contributed by atoms with van der Waals surface area (Å²) in [4.78, 5) is 0. The van der Waals surface area contributed by atoms with E-state index in [0.717, 1.165) is 6.42 Å². The van der Waals surface area contributed by atoms with Crippen LogP contribution in [0.5, 0.6) is 0 Å². The minimum absolute atomic E-state index is 0. The van der Waals surface area contributed by atoms with Crippen LogP contribution in [0.2, 0.25) is 19.0 Å². The molecule has 0 unspecified atom stereocenters. The van der Waals surface area contributed by atoms with E-state index in [4.69, 9.17) is 0 Å². The maximum Gasteiger partial charge on any atom is 1.00 e. The predicted octanol–water partition coefficient (Wildman–Crippen LogP) is 6.30. The van der Waals surface area contributed by atoms with Crippen LogP contribution in [-0.4, -0.2) is 6.15 Å². The summed E-state index contributed by atoms with van der Waals surface area (Å²) in [5, 5.41) is 0. The third-order valence-corrected chi connectivity index (χ3v) is 6.14. The normalized spacial score (nSPS) is 11.0. The average Bonchev–Trinajstić information content (AvgIpc) is 2.65. The quantitative estimate of drug-likeness (QED) is 0.151. The van der Waals surface area contributed by atoms with Crippen LogP contribution in [0, 0.1) is 11.7 Å². The monoisotopic (exact) mass is 368 g/mol. The molecule has 0 heterocycles. The van der Waals surface area contributed by atoms with Crippen molar-refractivity contribution in [2.24, 2.45) is 0 Å². The van der Waals surface area contributed by atoms with Crippen LogP contribution in [0.15, 0.2) is 0 Å². The molecular formula is C25H50BLi. The van der Waals surface area contributed by atoms with Crippen molar-refractivity contribution in [3.63, 3.8) is 0 Å². The van der Waals surface area contributed by atoms with E-state index in [9.17, 15) is 0 Å². The smallest absolute Gasteiger partial charge is 0.315 e.